The molecule has 0 aliphatic carbocycles. The zero-order valence-corrected chi connectivity index (χ0v) is 25.0. The third kappa shape index (κ3) is 6.55. The van der Waals surface area contributed by atoms with Crippen LogP contribution in [0.3, 0.4) is 0 Å². The number of ketones is 1. The number of aliphatic hydroxyl groups excluding tert-OH is 4. The maximum absolute atomic E-state index is 13.7. The van der Waals surface area contributed by atoms with Crippen LogP contribution in [-0.2, 0) is 24.0 Å². The van der Waals surface area contributed by atoms with Gasteiger partial charge < -0.3 is 45.2 Å². The SMILES string of the molecule is Cc1c(C(=O)CCc2ccccc2CCc2ccccc2)c(O)c2c(OC3OC(CO)C(O)C(O)C3O)cc(C(=O)O)cc2c1O. The first kappa shape index (κ1) is 32.9. The van der Waals surface area contributed by atoms with Crippen LogP contribution in [0.1, 0.15) is 49.4 Å². The van der Waals surface area contributed by atoms with Crippen molar-refractivity contribution in [1.29, 1.82) is 0 Å². The van der Waals surface area contributed by atoms with Crippen molar-refractivity contribution in [3.8, 4) is 17.2 Å². The normalized spacial score (nSPS) is 21.3. The first-order chi connectivity index (χ1) is 22.0. The van der Waals surface area contributed by atoms with Crippen molar-refractivity contribution in [3.63, 3.8) is 0 Å². The van der Waals surface area contributed by atoms with E-state index in [1.54, 1.807) is 0 Å². The van der Waals surface area contributed by atoms with Gasteiger partial charge in [0.05, 0.1) is 23.1 Å². The van der Waals surface area contributed by atoms with Crippen molar-refractivity contribution >= 4 is 22.5 Å². The van der Waals surface area contributed by atoms with E-state index in [1.807, 2.05) is 42.5 Å². The van der Waals surface area contributed by atoms with Gasteiger partial charge in [-0.3, -0.25) is 4.79 Å². The van der Waals surface area contributed by atoms with Crippen molar-refractivity contribution in [2.45, 2.75) is 63.3 Å². The van der Waals surface area contributed by atoms with Gasteiger partial charge in [0.2, 0.25) is 6.29 Å². The van der Waals surface area contributed by atoms with Gasteiger partial charge in [0, 0.05) is 17.4 Å². The molecule has 7 N–H and O–H groups in total. The van der Waals surface area contributed by atoms with Crippen molar-refractivity contribution in [2.24, 2.45) is 0 Å². The van der Waals surface area contributed by atoms with Gasteiger partial charge >= 0.3 is 5.97 Å². The monoisotopic (exact) mass is 632 g/mol. The first-order valence-electron chi connectivity index (χ1n) is 14.9. The van der Waals surface area contributed by atoms with E-state index in [1.165, 1.54) is 12.5 Å². The van der Waals surface area contributed by atoms with Gasteiger partial charge in [-0.1, -0.05) is 54.6 Å². The molecule has 1 heterocycles. The molecular formula is C35H36O11. The first-order valence-corrected chi connectivity index (χ1v) is 14.9. The summed E-state index contributed by atoms with van der Waals surface area (Å²) in [6, 6.07) is 19.9. The molecule has 1 fully saturated rings. The number of hydrogen-bond donors (Lipinski definition) is 7. The summed E-state index contributed by atoms with van der Waals surface area (Å²) in [5.74, 6) is -3.30. The molecule has 1 aliphatic rings. The van der Waals surface area contributed by atoms with Gasteiger partial charge in [-0.2, -0.15) is 0 Å². The van der Waals surface area contributed by atoms with Gasteiger partial charge in [0.25, 0.3) is 0 Å². The van der Waals surface area contributed by atoms with Crippen LogP contribution >= 0.6 is 0 Å². The lowest BCUT2D eigenvalue weighted by atomic mass is 9.91. The van der Waals surface area contributed by atoms with E-state index < -0.39 is 60.6 Å². The molecule has 11 heteroatoms. The number of Topliss-reactive ketones (excluding diaryl/α,β-unsaturated/α-hetero) is 1. The van der Waals surface area contributed by atoms with Crippen LogP contribution in [0.2, 0.25) is 0 Å². The summed E-state index contributed by atoms with van der Waals surface area (Å²) in [5.41, 5.74) is 2.73. The predicted octanol–water partition coefficient (Wildman–Crippen LogP) is 3.04. The standard InChI is InChI=1S/C35H36O11/c1-18-27(24(37)14-13-21-10-6-5-9-20(21)12-11-19-7-3-2-4-8-19)31(40)28-23(29(18)38)15-22(34(43)44)16-25(28)45-35-33(42)32(41)30(39)26(17-36)46-35/h2-10,15-16,26,30,32-33,35-36,38-42H,11-14,17H2,1H3,(H,43,44). The largest absolute Gasteiger partial charge is 0.507 e. The highest BCUT2D eigenvalue weighted by Gasteiger charge is 2.45. The number of aryl methyl sites for hydroxylation is 3. The highest BCUT2D eigenvalue weighted by Crippen LogP contribution is 2.45. The fourth-order valence-electron chi connectivity index (χ4n) is 5.86. The average molecular weight is 633 g/mol. The quantitative estimate of drug-likeness (QED) is 0.0949. The lowest BCUT2D eigenvalue weighted by molar-refractivity contribution is -0.277. The molecule has 242 valence electrons. The number of carboxylic acid groups (broad SMARTS) is 1. The van der Waals surface area contributed by atoms with Crippen molar-refractivity contribution < 1.29 is 54.8 Å². The number of aliphatic hydroxyl groups is 4. The van der Waals surface area contributed by atoms with Crippen LogP contribution in [0.5, 0.6) is 17.2 Å². The second kappa shape index (κ2) is 13.9. The van der Waals surface area contributed by atoms with Crippen LogP contribution in [0.15, 0.2) is 66.7 Å². The van der Waals surface area contributed by atoms with E-state index in [-0.39, 0.29) is 39.6 Å². The lowest BCUT2D eigenvalue weighted by Crippen LogP contribution is -2.60. The van der Waals surface area contributed by atoms with E-state index in [0.29, 0.717) is 6.42 Å². The second-order valence-corrected chi connectivity index (χ2v) is 11.4. The van der Waals surface area contributed by atoms with Gasteiger partial charge in [0.15, 0.2) is 5.78 Å². The average Bonchev–Trinajstić information content (AvgIpc) is 3.06. The molecule has 0 saturated carbocycles. The summed E-state index contributed by atoms with van der Waals surface area (Å²) < 4.78 is 11.2. The lowest BCUT2D eigenvalue weighted by Gasteiger charge is -2.39. The number of rotatable bonds is 11. The number of aromatic hydroxyl groups is 2. The van der Waals surface area contributed by atoms with Crippen molar-refractivity contribution in [3.05, 3.63) is 100 Å². The summed E-state index contributed by atoms with van der Waals surface area (Å²) in [6.45, 7) is 0.696. The number of phenolic OH excluding ortho intramolecular Hbond substituents is 2. The van der Waals surface area contributed by atoms with Gasteiger partial charge in [-0.05, 0) is 55.0 Å². The molecule has 46 heavy (non-hydrogen) atoms. The Bertz CT molecular complexity index is 1730. The Hall–Kier alpha value is -4.52. The van der Waals surface area contributed by atoms with Gasteiger partial charge in [-0.25, -0.2) is 4.79 Å². The molecule has 5 rings (SSSR count). The van der Waals surface area contributed by atoms with E-state index in [2.05, 4.69) is 12.1 Å². The van der Waals surface area contributed by atoms with Crippen molar-refractivity contribution in [1.82, 2.24) is 0 Å². The molecule has 0 bridgehead atoms. The molecule has 11 nitrogen and oxygen atoms in total. The van der Waals surface area contributed by atoms with Crippen LogP contribution in [0.25, 0.3) is 10.8 Å². The van der Waals surface area contributed by atoms with Gasteiger partial charge in [0.1, 0.15) is 41.7 Å². The Morgan fingerprint density at radius 3 is 2.13 bits per heavy atom. The molecule has 4 aromatic rings. The Kier molecular flexibility index (Phi) is 9.90. The third-order valence-corrected chi connectivity index (χ3v) is 8.44. The minimum absolute atomic E-state index is 0.0161. The number of carboxylic acids is 1. The molecule has 0 aromatic heterocycles. The zero-order valence-electron chi connectivity index (χ0n) is 25.0. The second-order valence-electron chi connectivity index (χ2n) is 11.4. The van der Waals surface area contributed by atoms with E-state index >= 15 is 0 Å². The fourth-order valence-corrected chi connectivity index (χ4v) is 5.86. The molecule has 0 amide bonds. The molecule has 0 spiro atoms. The van der Waals surface area contributed by atoms with Crippen LogP contribution < -0.4 is 4.74 Å². The molecule has 5 unspecified atom stereocenters. The Balaban J connectivity index is 1.48. The maximum atomic E-state index is 13.7. The minimum Gasteiger partial charge on any atom is -0.507 e. The smallest absolute Gasteiger partial charge is 0.335 e. The van der Waals surface area contributed by atoms with Crippen LogP contribution in [-0.4, -0.2) is 84.8 Å². The Labute approximate surface area is 264 Å². The van der Waals surface area contributed by atoms with Crippen LogP contribution in [0.4, 0.5) is 0 Å². The molecule has 5 atom stereocenters. The zero-order chi connectivity index (χ0) is 33.1. The summed E-state index contributed by atoms with van der Waals surface area (Å²) in [4.78, 5) is 25.6. The number of phenols is 2. The molecule has 1 aliphatic heterocycles. The summed E-state index contributed by atoms with van der Waals surface area (Å²) in [5, 5.41) is 72.4. The number of aromatic carboxylic acids is 1. The van der Waals surface area contributed by atoms with E-state index in [0.717, 1.165) is 36.1 Å². The minimum atomic E-state index is -1.84. The summed E-state index contributed by atoms with van der Waals surface area (Å²) in [7, 11) is 0. The topological polar surface area (TPSA) is 194 Å². The Morgan fingerprint density at radius 1 is 0.826 bits per heavy atom. The maximum Gasteiger partial charge on any atom is 0.335 e. The van der Waals surface area contributed by atoms with Crippen LogP contribution in [0, 0.1) is 6.92 Å². The molecule has 0 radical (unpaired) electrons. The fraction of sp³-hybridized carbons (Fsp3) is 0.314. The third-order valence-electron chi connectivity index (χ3n) is 8.44. The van der Waals surface area contributed by atoms with Gasteiger partial charge in [-0.15, -0.1) is 0 Å². The van der Waals surface area contributed by atoms with Crippen molar-refractivity contribution in [2.75, 3.05) is 6.61 Å². The number of benzene rings is 4. The molecule has 4 aromatic carbocycles. The number of hydrogen-bond acceptors (Lipinski definition) is 10. The van der Waals surface area contributed by atoms with E-state index in [4.69, 9.17) is 9.47 Å². The summed E-state index contributed by atoms with van der Waals surface area (Å²) >= 11 is 0. The number of carbonyl (C=O) groups is 2. The summed E-state index contributed by atoms with van der Waals surface area (Å²) in [6.07, 6.45) is -6.43. The number of fused-ring (bicyclic) bond motifs is 1. The molecular weight excluding hydrogens is 596 g/mol. The molecule has 1 saturated heterocycles. The Morgan fingerprint density at radius 2 is 1.48 bits per heavy atom. The predicted molar refractivity (Wildman–Crippen MR) is 166 cm³/mol. The number of ether oxygens (including phenoxy) is 2. The number of carbonyl (C=O) groups excluding carboxylic acids is 1. The highest BCUT2D eigenvalue weighted by molar-refractivity contribution is 6.11. The van der Waals surface area contributed by atoms with E-state index in [9.17, 15) is 45.3 Å². The highest BCUT2D eigenvalue weighted by atomic mass is 16.7.